The van der Waals surface area contributed by atoms with Crippen molar-refractivity contribution in [2.75, 3.05) is 0 Å². The van der Waals surface area contributed by atoms with Crippen LogP contribution in [-0.4, -0.2) is 22.1 Å². The summed E-state index contributed by atoms with van der Waals surface area (Å²) in [5.41, 5.74) is -2.63. The second kappa shape index (κ2) is 4.95. The minimum atomic E-state index is -4.58. The van der Waals surface area contributed by atoms with Gasteiger partial charge in [-0.3, -0.25) is 0 Å². The Balaban J connectivity index is 4.62. The molecule has 15 heavy (non-hydrogen) atoms. The number of halogens is 3. The summed E-state index contributed by atoms with van der Waals surface area (Å²) in [7, 11) is 0. The maximum Gasteiger partial charge on any atom is 0.417 e. The summed E-state index contributed by atoms with van der Waals surface area (Å²) < 4.78 is 37.5. The number of aliphatic hydroxyl groups is 1. The van der Waals surface area contributed by atoms with E-state index in [9.17, 15) is 18.3 Å². The summed E-state index contributed by atoms with van der Waals surface area (Å²) in [6.07, 6.45) is -4.03. The smallest absolute Gasteiger partial charge is 0.380 e. The molecule has 0 aliphatic heterocycles. The van der Waals surface area contributed by atoms with Crippen molar-refractivity contribution in [1.82, 2.24) is 0 Å². The van der Waals surface area contributed by atoms with Crippen LogP contribution in [0.2, 0.25) is 0 Å². The van der Waals surface area contributed by atoms with E-state index in [1.807, 2.05) is 6.92 Å². The molecule has 4 atom stereocenters. The van der Waals surface area contributed by atoms with Gasteiger partial charge in [-0.25, -0.2) is 0 Å². The largest absolute Gasteiger partial charge is 0.417 e. The Morgan fingerprint density at radius 1 is 1.20 bits per heavy atom. The Hall–Kier alpha value is 0.100. The molecule has 0 aromatic heterocycles. The third-order valence-corrected chi connectivity index (χ3v) is 3.24. The Bertz CT molecular complexity index is 201. The maximum absolute atomic E-state index is 12.5. The van der Waals surface area contributed by atoms with Crippen molar-refractivity contribution in [3.05, 3.63) is 0 Å². The van der Waals surface area contributed by atoms with E-state index in [2.05, 4.69) is 12.6 Å². The van der Waals surface area contributed by atoms with Crippen LogP contribution in [0.1, 0.15) is 34.1 Å². The monoisotopic (exact) mass is 244 g/mol. The minimum absolute atomic E-state index is 0.0338. The summed E-state index contributed by atoms with van der Waals surface area (Å²) in [6.45, 7) is 5.79. The van der Waals surface area contributed by atoms with Gasteiger partial charge in [0, 0.05) is 0 Å². The first kappa shape index (κ1) is 15.1. The molecule has 0 fully saturated rings. The fourth-order valence-electron chi connectivity index (χ4n) is 1.55. The van der Waals surface area contributed by atoms with Crippen LogP contribution >= 0.6 is 12.6 Å². The molecule has 0 aromatic rings. The van der Waals surface area contributed by atoms with Crippen LogP contribution in [0.4, 0.5) is 13.2 Å². The van der Waals surface area contributed by atoms with Gasteiger partial charge < -0.3 is 5.11 Å². The fraction of sp³-hybridized carbons (Fsp3) is 1.00. The summed E-state index contributed by atoms with van der Waals surface area (Å²) in [4.78, 5) is 0. The molecule has 0 radical (unpaired) electrons. The van der Waals surface area contributed by atoms with E-state index in [1.54, 1.807) is 6.92 Å². The van der Waals surface area contributed by atoms with Gasteiger partial charge >= 0.3 is 6.18 Å². The van der Waals surface area contributed by atoms with Gasteiger partial charge in [-0.1, -0.05) is 20.8 Å². The molecule has 0 spiro atoms. The zero-order chi connectivity index (χ0) is 12.4. The van der Waals surface area contributed by atoms with Gasteiger partial charge in [-0.15, -0.1) is 0 Å². The molecular weight excluding hydrogens is 225 g/mol. The van der Waals surface area contributed by atoms with Gasteiger partial charge in [-0.05, 0) is 30.4 Å². The van der Waals surface area contributed by atoms with Gasteiger partial charge in [-0.2, -0.15) is 25.8 Å². The van der Waals surface area contributed by atoms with Crippen LogP contribution in [0.3, 0.4) is 0 Å². The van der Waals surface area contributed by atoms with E-state index in [0.29, 0.717) is 6.42 Å². The first-order valence-electron chi connectivity index (χ1n) is 4.97. The Labute approximate surface area is 94.5 Å². The van der Waals surface area contributed by atoms with Crippen molar-refractivity contribution in [3.63, 3.8) is 0 Å². The maximum atomic E-state index is 12.5. The molecule has 0 aromatic carbocycles. The molecular formula is C10H19F3OS. The van der Waals surface area contributed by atoms with E-state index in [4.69, 9.17) is 0 Å². The molecule has 5 heteroatoms. The topological polar surface area (TPSA) is 20.2 Å². The highest BCUT2D eigenvalue weighted by molar-refractivity contribution is 7.80. The summed E-state index contributed by atoms with van der Waals surface area (Å²) >= 11 is 4.14. The van der Waals surface area contributed by atoms with Crippen LogP contribution in [0.15, 0.2) is 0 Å². The molecule has 1 nitrogen and oxygen atoms in total. The number of alkyl halides is 3. The first-order valence-corrected chi connectivity index (χ1v) is 5.49. The van der Waals surface area contributed by atoms with Gasteiger partial charge in [0.2, 0.25) is 0 Å². The van der Waals surface area contributed by atoms with Gasteiger partial charge in [0.25, 0.3) is 0 Å². The molecule has 0 aliphatic carbocycles. The Morgan fingerprint density at radius 2 is 1.60 bits per heavy atom. The van der Waals surface area contributed by atoms with Crippen LogP contribution in [0, 0.1) is 11.8 Å². The molecule has 0 bridgehead atoms. The Morgan fingerprint density at radius 3 is 1.87 bits per heavy atom. The van der Waals surface area contributed by atoms with Gasteiger partial charge in [0.1, 0.15) is 0 Å². The average Bonchev–Trinajstić information content (AvgIpc) is 1.99. The zero-order valence-electron chi connectivity index (χ0n) is 9.47. The van der Waals surface area contributed by atoms with E-state index in [1.165, 1.54) is 6.92 Å². The number of thiol groups is 1. The first-order chi connectivity index (χ1) is 6.50. The second-order valence-electron chi connectivity index (χ2n) is 4.50. The van der Waals surface area contributed by atoms with Crippen LogP contribution in [-0.2, 0) is 0 Å². The molecule has 0 saturated carbocycles. The number of hydrogen-bond donors (Lipinski definition) is 2. The fourth-order valence-corrected chi connectivity index (χ4v) is 1.89. The predicted molar refractivity (Wildman–Crippen MR) is 58.1 cm³/mol. The summed E-state index contributed by atoms with van der Waals surface area (Å²) in [6, 6.07) is 0. The van der Waals surface area contributed by atoms with Crippen LogP contribution < -0.4 is 0 Å². The summed E-state index contributed by atoms with van der Waals surface area (Å²) in [5.74, 6) is -1.07. The molecule has 0 aliphatic rings. The molecule has 0 heterocycles. The molecule has 1 N–H and O–H groups in total. The highest BCUT2D eigenvalue weighted by Crippen LogP contribution is 2.40. The lowest BCUT2D eigenvalue weighted by Crippen LogP contribution is -2.49. The van der Waals surface area contributed by atoms with Crippen molar-refractivity contribution in [1.29, 1.82) is 0 Å². The molecule has 0 amide bonds. The van der Waals surface area contributed by atoms with E-state index >= 15 is 0 Å². The standard InChI is InChI=1S/C10H19F3OS/c1-6(5-7(2)15)8(3)9(4,14)10(11,12)13/h6-8,14-15H,5H2,1-4H3/t6-,7?,8+,9?/m0/s1. The number of hydrogen-bond acceptors (Lipinski definition) is 2. The summed E-state index contributed by atoms with van der Waals surface area (Å²) in [5, 5.41) is 9.49. The van der Waals surface area contributed by atoms with Crippen molar-refractivity contribution in [2.24, 2.45) is 11.8 Å². The van der Waals surface area contributed by atoms with Crippen molar-refractivity contribution >= 4 is 12.6 Å². The van der Waals surface area contributed by atoms with Crippen LogP contribution in [0.25, 0.3) is 0 Å². The van der Waals surface area contributed by atoms with Crippen molar-refractivity contribution in [3.8, 4) is 0 Å². The molecule has 0 rings (SSSR count). The lowest BCUT2D eigenvalue weighted by molar-refractivity contribution is -0.275. The van der Waals surface area contributed by atoms with E-state index in [0.717, 1.165) is 6.92 Å². The molecule has 2 unspecified atom stereocenters. The minimum Gasteiger partial charge on any atom is -0.380 e. The zero-order valence-corrected chi connectivity index (χ0v) is 10.4. The second-order valence-corrected chi connectivity index (χ2v) is 5.38. The predicted octanol–water partition coefficient (Wildman–Crippen LogP) is 3.28. The quantitative estimate of drug-likeness (QED) is 0.727. The third-order valence-electron chi connectivity index (χ3n) is 3.03. The lowest BCUT2D eigenvalue weighted by atomic mass is 9.79. The molecule has 0 saturated heterocycles. The van der Waals surface area contributed by atoms with Gasteiger partial charge in [0.05, 0.1) is 0 Å². The molecule has 92 valence electrons. The van der Waals surface area contributed by atoms with Crippen molar-refractivity contribution < 1.29 is 18.3 Å². The highest BCUT2D eigenvalue weighted by Gasteiger charge is 2.54. The highest BCUT2D eigenvalue weighted by atomic mass is 32.1. The van der Waals surface area contributed by atoms with E-state index < -0.39 is 17.7 Å². The SMILES string of the molecule is CC(S)C[C@H](C)[C@@H](C)C(C)(O)C(F)(F)F. The van der Waals surface area contributed by atoms with Crippen LogP contribution in [0.5, 0.6) is 0 Å². The van der Waals surface area contributed by atoms with Crippen molar-refractivity contribution in [2.45, 2.75) is 51.1 Å². The van der Waals surface area contributed by atoms with E-state index in [-0.39, 0.29) is 11.2 Å². The third kappa shape index (κ3) is 3.87. The normalized spacial score (nSPS) is 23.0. The Kier molecular flexibility index (Phi) is 4.99. The lowest BCUT2D eigenvalue weighted by Gasteiger charge is -2.36. The number of rotatable bonds is 4. The van der Waals surface area contributed by atoms with Gasteiger partial charge in [0.15, 0.2) is 5.60 Å². The average molecular weight is 244 g/mol.